The maximum Gasteiger partial charge on any atom is 0.573 e. The molecule has 0 bridgehead atoms. The number of ether oxygens (including phenoxy) is 2. The molecular formula is C20H23F3N2O2. The fourth-order valence-corrected chi connectivity index (χ4v) is 2.49. The van der Waals surface area contributed by atoms with Crippen LogP contribution in [0.5, 0.6) is 11.5 Å². The van der Waals surface area contributed by atoms with Crippen molar-refractivity contribution >= 4 is 12.0 Å². The standard InChI is InChI=1S/C20H23F3N2O2/c1-5-25(3)13-24-18-12-17(26-4)11-16(14(18)2)10-15-8-6-7-9-19(15)27-20(21,22)23/h6-9,11-13H,5,10H2,1-4H3. The molecule has 0 fully saturated rings. The van der Waals surface area contributed by atoms with E-state index in [0.717, 1.165) is 17.7 Å². The molecule has 0 heterocycles. The molecule has 7 heteroatoms. The van der Waals surface area contributed by atoms with E-state index in [2.05, 4.69) is 9.73 Å². The second-order valence-electron chi connectivity index (χ2n) is 6.08. The van der Waals surface area contributed by atoms with E-state index in [9.17, 15) is 13.2 Å². The summed E-state index contributed by atoms with van der Waals surface area (Å²) in [4.78, 5) is 6.40. The van der Waals surface area contributed by atoms with E-state index in [1.165, 1.54) is 12.1 Å². The Morgan fingerprint density at radius 2 is 1.85 bits per heavy atom. The Morgan fingerprint density at radius 3 is 2.48 bits per heavy atom. The predicted molar refractivity (Wildman–Crippen MR) is 100 cm³/mol. The number of benzene rings is 2. The molecule has 0 radical (unpaired) electrons. The molecule has 2 aromatic rings. The second kappa shape index (κ2) is 8.79. The number of nitrogens with zero attached hydrogens (tertiary/aromatic N) is 2. The molecule has 2 aromatic carbocycles. The zero-order valence-corrected chi connectivity index (χ0v) is 15.8. The summed E-state index contributed by atoms with van der Waals surface area (Å²) in [7, 11) is 3.45. The van der Waals surface area contributed by atoms with E-state index in [-0.39, 0.29) is 12.2 Å². The molecule has 4 nitrogen and oxygen atoms in total. The van der Waals surface area contributed by atoms with Gasteiger partial charge in [-0.25, -0.2) is 4.99 Å². The second-order valence-corrected chi connectivity index (χ2v) is 6.08. The molecule has 0 spiro atoms. The number of hydrogen-bond donors (Lipinski definition) is 0. The number of hydrogen-bond acceptors (Lipinski definition) is 3. The van der Waals surface area contributed by atoms with Gasteiger partial charge in [0.2, 0.25) is 0 Å². The summed E-state index contributed by atoms with van der Waals surface area (Å²) < 4.78 is 47.5. The average molecular weight is 380 g/mol. The van der Waals surface area contributed by atoms with Gasteiger partial charge in [-0.1, -0.05) is 18.2 Å². The smallest absolute Gasteiger partial charge is 0.497 e. The third kappa shape index (κ3) is 5.91. The summed E-state index contributed by atoms with van der Waals surface area (Å²) in [6.45, 7) is 4.70. The van der Waals surface area contributed by atoms with Crippen molar-refractivity contribution in [1.82, 2.24) is 4.90 Å². The van der Waals surface area contributed by atoms with E-state index < -0.39 is 6.36 Å². The number of halogens is 3. The van der Waals surface area contributed by atoms with Crippen LogP contribution < -0.4 is 9.47 Å². The van der Waals surface area contributed by atoms with Gasteiger partial charge < -0.3 is 14.4 Å². The number of rotatable bonds is 7. The van der Waals surface area contributed by atoms with Crippen LogP contribution in [-0.4, -0.2) is 38.3 Å². The quantitative estimate of drug-likeness (QED) is 0.495. The first-order chi connectivity index (χ1) is 12.7. The minimum absolute atomic E-state index is 0.206. The van der Waals surface area contributed by atoms with E-state index in [0.29, 0.717) is 17.0 Å². The van der Waals surface area contributed by atoms with Gasteiger partial charge >= 0.3 is 6.36 Å². The minimum atomic E-state index is -4.74. The summed E-state index contributed by atoms with van der Waals surface area (Å²) in [6, 6.07) is 9.74. The van der Waals surface area contributed by atoms with Crippen molar-refractivity contribution in [3.63, 3.8) is 0 Å². The maximum atomic E-state index is 12.7. The van der Waals surface area contributed by atoms with Crippen LogP contribution in [0, 0.1) is 6.92 Å². The van der Waals surface area contributed by atoms with Gasteiger partial charge in [0.1, 0.15) is 11.5 Å². The molecule has 27 heavy (non-hydrogen) atoms. The predicted octanol–water partition coefficient (Wildman–Crippen LogP) is 5.10. The van der Waals surface area contributed by atoms with Gasteiger partial charge in [0, 0.05) is 26.1 Å². The highest BCUT2D eigenvalue weighted by molar-refractivity contribution is 5.65. The van der Waals surface area contributed by atoms with Crippen LogP contribution in [0.3, 0.4) is 0 Å². The first-order valence-electron chi connectivity index (χ1n) is 8.49. The molecule has 0 aromatic heterocycles. The van der Waals surface area contributed by atoms with Gasteiger partial charge in [0.05, 0.1) is 19.1 Å². The van der Waals surface area contributed by atoms with Gasteiger partial charge in [-0.2, -0.15) is 0 Å². The van der Waals surface area contributed by atoms with E-state index in [1.54, 1.807) is 31.6 Å². The number of para-hydroxylation sites is 1. The Labute approximate surface area is 157 Å². The van der Waals surface area contributed by atoms with Crippen LogP contribution in [0.2, 0.25) is 0 Å². The zero-order chi connectivity index (χ0) is 20.0. The summed E-state index contributed by atoms with van der Waals surface area (Å²) in [5.41, 5.74) is 2.84. The van der Waals surface area contributed by atoms with E-state index in [1.807, 2.05) is 31.9 Å². The Balaban J connectivity index is 2.41. The van der Waals surface area contributed by atoms with Crippen molar-refractivity contribution in [2.45, 2.75) is 26.6 Å². The Morgan fingerprint density at radius 1 is 1.15 bits per heavy atom. The first-order valence-corrected chi connectivity index (χ1v) is 8.49. The largest absolute Gasteiger partial charge is 0.573 e. The normalized spacial score (nSPS) is 11.7. The Bertz CT molecular complexity index is 804. The highest BCUT2D eigenvalue weighted by Gasteiger charge is 2.32. The summed E-state index contributed by atoms with van der Waals surface area (Å²) >= 11 is 0. The lowest BCUT2D eigenvalue weighted by molar-refractivity contribution is -0.274. The number of methoxy groups -OCH3 is 1. The van der Waals surface area contributed by atoms with Gasteiger partial charge in [0.25, 0.3) is 0 Å². The molecule has 0 aliphatic carbocycles. The van der Waals surface area contributed by atoms with E-state index >= 15 is 0 Å². The van der Waals surface area contributed by atoms with Crippen molar-refractivity contribution in [3.8, 4) is 11.5 Å². The fourth-order valence-electron chi connectivity index (χ4n) is 2.49. The molecule has 0 aliphatic rings. The van der Waals surface area contributed by atoms with Crippen LogP contribution in [-0.2, 0) is 6.42 Å². The molecule has 0 aliphatic heterocycles. The molecule has 0 atom stereocenters. The van der Waals surface area contributed by atoms with Gasteiger partial charge in [-0.3, -0.25) is 0 Å². The summed E-state index contributed by atoms with van der Waals surface area (Å²) in [5.74, 6) is 0.388. The van der Waals surface area contributed by atoms with Crippen LogP contribution in [0.4, 0.5) is 18.9 Å². The maximum absolute atomic E-state index is 12.7. The Hall–Kier alpha value is -2.70. The lowest BCUT2D eigenvalue weighted by Gasteiger charge is -2.16. The lowest BCUT2D eigenvalue weighted by atomic mass is 9.98. The lowest BCUT2D eigenvalue weighted by Crippen LogP contribution is -2.18. The summed E-state index contributed by atoms with van der Waals surface area (Å²) in [5, 5.41) is 0. The molecule has 0 amide bonds. The van der Waals surface area contributed by atoms with Gasteiger partial charge in [0.15, 0.2) is 0 Å². The van der Waals surface area contributed by atoms with Crippen molar-refractivity contribution in [2.24, 2.45) is 4.99 Å². The molecule has 0 saturated carbocycles. The van der Waals surface area contributed by atoms with Crippen molar-refractivity contribution in [2.75, 3.05) is 20.7 Å². The highest BCUT2D eigenvalue weighted by atomic mass is 19.4. The van der Waals surface area contributed by atoms with Crippen LogP contribution in [0.25, 0.3) is 0 Å². The molecule has 0 N–H and O–H groups in total. The zero-order valence-electron chi connectivity index (χ0n) is 15.8. The van der Waals surface area contributed by atoms with Crippen LogP contribution >= 0.6 is 0 Å². The third-order valence-corrected chi connectivity index (χ3v) is 4.17. The highest BCUT2D eigenvalue weighted by Crippen LogP contribution is 2.33. The molecule has 146 valence electrons. The summed E-state index contributed by atoms with van der Waals surface area (Å²) in [6.07, 6.45) is -2.76. The van der Waals surface area contributed by atoms with Crippen LogP contribution in [0.15, 0.2) is 41.4 Å². The minimum Gasteiger partial charge on any atom is -0.497 e. The molecular weight excluding hydrogens is 357 g/mol. The number of alkyl halides is 3. The van der Waals surface area contributed by atoms with E-state index in [4.69, 9.17) is 4.74 Å². The van der Waals surface area contributed by atoms with Crippen molar-refractivity contribution in [3.05, 3.63) is 53.1 Å². The topological polar surface area (TPSA) is 34.1 Å². The molecule has 0 unspecified atom stereocenters. The Kier molecular flexibility index (Phi) is 6.71. The van der Waals surface area contributed by atoms with Crippen LogP contribution in [0.1, 0.15) is 23.6 Å². The fraction of sp³-hybridized carbons (Fsp3) is 0.350. The van der Waals surface area contributed by atoms with Crippen molar-refractivity contribution in [1.29, 1.82) is 0 Å². The molecule has 2 rings (SSSR count). The average Bonchev–Trinajstić information content (AvgIpc) is 2.62. The van der Waals surface area contributed by atoms with Gasteiger partial charge in [-0.05, 0) is 42.7 Å². The SMILES string of the molecule is CCN(C)C=Nc1cc(OC)cc(Cc2ccccc2OC(F)(F)F)c1C. The monoisotopic (exact) mass is 380 g/mol. The third-order valence-electron chi connectivity index (χ3n) is 4.17. The number of aliphatic imine (C=N–C) groups is 1. The first kappa shape index (κ1) is 20.6. The van der Waals surface area contributed by atoms with Crippen molar-refractivity contribution < 1.29 is 22.6 Å². The van der Waals surface area contributed by atoms with Gasteiger partial charge in [-0.15, -0.1) is 13.2 Å². The molecule has 0 saturated heterocycles.